The van der Waals surface area contributed by atoms with Crippen LogP contribution >= 0.6 is 0 Å². The summed E-state index contributed by atoms with van der Waals surface area (Å²) in [5, 5.41) is 14.9. The Hall–Kier alpha value is -1.69. The van der Waals surface area contributed by atoms with E-state index in [-0.39, 0.29) is 0 Å². The third-order valence-corrected chi connectivity index (χ3v) is 3.94. The summed E-state index contributed by atoms with van der Waals surface area (Å²) >= 11 is 0. The van der Waals surface area contributed by atoms with Gasteiger partial charge in [-0.3, -0.25) is 5.10 Å². The number of nitrogens with one attached hydrogen (secondary N) is 2. The van der Waals surface area contributed by atoms with Gasteiger partial charge in [-0.1, -0.05) is 5.16 Å². The van der Waals surface area contributed by atoms with Crippen LogP contribution in [0.4, 0.5) is 0 Å². The van der Waals surface area contributed by atoms with Gasteiger partial charge in [0.1, 0.15) is 0 Å². The Bertz CT molecular complexity index is 565. The summed E-state index contributed by atoms with van der Waals surface area (Å²) in [6.45, 7) is 2.13. The van der Waals surface area contributed by atoms with Gasteiger partial charge >= 0.3 is 0 Å². The first-order valence-electron chi connectivity index (χ1n) is 7.00. The Balaban J connectivity index is 1.55. The van der Waals surface area contributed by atoms with E-state index in [1.807, 2.05) is 6.07 Å². The van der Waals surface area contributed by atoms with E-state index in [2.05, 4.69) is 25.7 Å². The quantitative estimate of drug-likeness (QED) is 0.878. The Morgan fingerprint density at radius 1 is 1.21 bits per heavy atom. The van der Waals surface area contributed by atoms with Gasteiger partial charge in [-0.15, -0.1) is 0 Å². The van der Waals surface area contributed by atoms with Crippen LogP contribution in [0.15, 0.2) is 10.6 Å². The smallest absolute Gasteiger partial charge is 0.278 e. The molecule has 3 heterocycles. The van der Waals surface area contributed by atoms with E-state index in [0.717, 1.165) is 30.3 Å². The Morgan fingerprint density at radius 3 is 2.95 bits per heavy atom. The molecule has 2 N–H and O–H groups in total. The van der Waals surface area contributed by atoms with Gasteiger partial charge in [0.15, 0.2) is 11.5 Å². The highest BCUT2D eigenvalue weighted by Gasteiger charge is 2.29. The summed E-state index contributed by atoms with van der Waals surface area (Å²) in [7, 11) is 0. The van der Waals surface area contributed by atoms with Crippen LogP contribution in [0.2, 0.25) is 0 Å². The zero-order valence-corrected chi connectivity index (χ0v) is 10.7. The minimum Gasteiger partial charge on any atom is -0.332 e. The van der Waals surface area contributed by atoms with Crippen LogP contribution in [-0.4, -0.2) is 33.4 Å². The molecule has 0 amide bonds. The molecular weight excluding hydrogens is 242 g/mol. The average molecular weight is 259 g/mol. The van der Waals surface area contributed by atoms with Crippen LogP contribution in [0.5, 0.6) is 0 Å². The second-order valence-corrected chi connectivity index (χ2v) is 5.48. The molecule has 2 aliphatic rings. The summed E-state index contributed by atoms with van der Waals surface area (Å²) < 4.78 is 5.29. The third-order valence-electron chi connectivity index (χ3n) is 3.94. The average Bonchev–Trinajstić information content (AvgIpc) is 3.01. The number of hydrogen-bond acceptors (Lipinski definition) is 5. The van der Waals surface area contributed by atoms with E-state index >= 15 is 0 Å². The second-order valence-electron chi connectivity index (χ2n) is 5.48. The van der Waals surface area contributed by atoms with Crippen molar-refractivity contribution in [2.24, 2.45) is 0 Å². The SMILES string of the molecule is c1c(-c2nc(C3CC3)no2)n[nH]c1[C@H]1CCCNC1. The molecule has 0 bridgehead atoms. The van der Waals surface area contributed by atoms with E-state index in [0.29, 0.717) is 17.7 Å². The topological polar surface area (TPSA) is 79.6 Å². The van der Waals surface area contributed by atoms with Crippen molar-refractivity contribution in [3.8, 4) is 11.6 Å². The molecule has 0 spiro atoms. The Morgan fingerprint density at radius 2 is 2.16 bits per heavy atom. The van der Waals surface area contributed by atoms with Crippen molar-refractivity contribution in [2.75, 3.05) is 13.1 Å². The lowest BCUT2D eigenvalue weighted by Crippen LogP contribution is -2.28. The molecule has 2 aromatic heterocycles. The highest BCUT2D eigenvalue weighted by atomic mass is 16.5. The van der Waals surface area contributed by atoms with Crippen LogP contribution in [0, 0.1) is 0 Å². The summed E-state index contributed by atoms with van der Waals surface area (Å²) in [6.07, 6.45) is 4.77. The van der Waals surface area contributed by atoms with Gasteiger partial charge in [-0.05, 0) is 38.3 Å². The first-order valence-corrected chi connectivity index (χ1v) is 7.00. The van der Waals surface area contributed by atoms with Gasteiger partial charge < -0.3 is 9.84 Å². The van der Waals surface area contributed by atoms with Crippen molar-refractivity contribution in [3.63, 3.8) is 0 Å². The summed E-state index contributed by atoms with van der Waals surface area (Å²) in [5.74, 6) is 2.39. The molecule has 2 aromatic rings. The van der Waals surface area contributed by atoms with Gasteiger partial charge in [-0.2, -0.15) is 10.1 Å². The number of rotatable bonds is 3. The predicted octanol–water partition coefficient (Wildman–Crippen LogP) is 1.80. The molecule has 1 atom stereocenters. The molecule has 1 saturated carbocycles. The number of nitrogens with zero attached hydrogens (tertiary/aromatic N) is 3. The first kappa shape index (κ1) is 11.2. The van der Waals surface area contributed by atoms with Crippen LogP contribution < -0.4 is 5.32 Å². The zero-order chi connectivity index (χ0) is 12.7. The lowest BCUT2D eigenvalue weighted by Gasteiger charge is -2.20. The van der Waals surface area contributed by atoms with Crippen molar-refractivity contribution in [1.82, 2.24) is 25.7 Å². The normalized spacial score (nSPS) is 23.7. The number of hydrogen-bond donors (Lipinski definition) is 2. The molecule has 100 valence electrons. The van der Waals surface area contributed by atoms with Crippen molar-refractivity contribution < 1.29 is 4.52 Å². The highest BCUT2D eigenvalue weighted by Crippen LogP contribution is 2.38. The molecular formula is C13H17N5O. The van der Waals surface area contributed by atoms with Gasteiger partial charge in [0.05, 0.1) is 0 Å². The van der Waals surface area contributed by atoms with Crippen LogP contribution in [0.3, 0.4) is 0 Å². The summed E-state index contributed by atoms with van der Waals surface area (Å²) in [5.41, 5.74) is 1.92. The molecule has 0 unspecified atom stereocenters. The molecule has 2 fully saturated rings. The van der Waals surface area contributed by atoms with Crippen LogP contribution in [0.1, 0.15) is 49.0 Å². The molecule has 4 rings (SSSR count). The monoisotopic (exact) mass is 259 g/mol. The highest BCUT2D eigenvalue weighted by molar-refractivity contribution is 5.47. The molecule has 1 saturated heterocycles. The molecule has 6 heteroatoms. The lowest BCUT2D eigenvalue weighted by molar-refractivity contribution is 0.421. The molecule has 1 aliphatic carbocycles. The fourth-order valence-corrected chi connectivity index (χ4v) is 2.62. The van der Waals surface area contributed by atoms with Crippen molar-refractivity contribution >= 4 is 0 Å². The van der Waals surface area contributed by atoms with Crippen molar-refractivity contribution in [3.05, 3.63) is 17.6 Å². The van der Waals surface area contributed by atoms with Crippen LogP contribution in [-0.2, 0) is 0 Å². The minimum absolute atomic E-state index is 0.512. The van der Waals surface area contributed by atoms with E-state index < -0.39 is 0 Å². The maximum atomic E-state index is 5.29. The largest absolute Gasteiger partial charge is 0.332 e. The minimum atomic E-state index is 0.512. The lowest BCUT2D eigenvalue weighted by atomic mass is 9.96. The predicted molar refractivity (Wildman–Crippen MR) is 68.7 cm³/mol. The summed E-state index contributed by atoms with van der Waals surface area (Å²) in [6, 6.07) is 2.04. The van der Waals surface area contributed by atoms with E-state index in [9.17, 15) is 0 Å². The number of aromatic amines is 1. The number of H-pyrrole nitrogens is 1. The van der Waals surface area contributed by atoms with Gasteiger partial charge in [0.2, 0.25) is 0 Å². The fraction of sp³-hybridized carbons (Fsp3) is 0.615. The Labute approximate surface area is 111 Å². The van der Waals surface area contributed by atoms with Gasteiger partial charge in [-0.25, -0.2) is 0 Å². The number of piperidine rings is 1. The molecule has 0 aromatic carbocycles. The second kappa shape index (κ2) is 4.45. The standard InChI is InChI=1S/C13H17N5O/c1-2-9(7-14-5-1)10-6-11(17-16-10)13-15-12(18-19-13)8-3-4-8/h6,8-9,14H,1-5,7H2,(H,16,17)/t9-/m0/s1. The van der Waals surface area contributed by atoms with Crippen LogP contribution in [0.25, 0.3) is 11.6 Å². The zero-order valence-electron chi connectivity index (χ0n) is 10.7. The summed E-state index contributed by atoms with van der Waals surface area (Å²) in [4.78, 5) is 4.43. The maximum Gasteiger partial charge on any atom is 0.278 e. The molecule has 1 aliphatic heterocycles. The fourth-order valence-electron chi connectivity index (χ4n) is 2.62. The third kappa shape index (κ3) is 2.16. The van der Waals surface area contributed by atoms with Gasteiger partial charge in [0, 0.05) is 24.1 Å². The molecule has 0 radical (unpaired) electrons. The van der Waals surface area contributed by atoms with E-state index in [1.54, 1.807) is 0 Å². The molecule has 6 nitrogen and oxygen atoms in total. The first-order chi connectivity index (χ1) is 9.40. The van der Waals surface area contributed by atoms with Crippen molar-refractivity contribution in [1.29, 1.82) is 0 Å². The maximum absolute atomic E-state index is 5.29. The molecule has 19 heavy (non-hydrogen) atoms. The number of aromatic nitrogens is 4. The van der Waals surface area contributed by atoms with Gasteiger partial charge in [0.25, 0.3) is 5.89 Å². The van der Waals surface area contributed by atoms with E-state index in [4.69, 9.17) is 4.52 Å². The Kier molecular flexibility index (Phi) is 2.61. The van der Waals surface area contributed by atoms with Crippen molar-refractivity contribution in [2.45, 2.75) is 37.5 Å². The van der Waals surface area contributed by atoms with E-state index in [1.165, 1.54) is 25.7 Å².